The Bertz CT molecular complexity index is 503. The second-order valence-electron chi connectivity index (χ2n) is 4.08. The monoisotopic (exact) mass is 310 g/mol. The molecule has 1 rings (SSSR count). The third-order valence-corrected chi connectivity index (χ3v) is 2.18. The maximum atomic E-state index is 12.3. The van der Waals surface area contributed by atoms with Gasteiger partial charge in [0, 0.05) is 19.9 Å². The number of nitrogens with zero attached hydrogens (tertiary/aromatic N) is 3. The number of aryl methyl sites for hydroxylation is 1. The molecule has 1 aromatic rings. The molecule has 0 radical (unpaired) electrons. The molecular weight excluding hydrogens is 297 g/mol. The lowest BCUT2D eigenvalue weighted by Crippen LogP contribution is -2.47. The van der Waals surface area contributed by atoms with Crippen molar-refractivity contribution in [1.82, 2.24) is 20.4 Å². The average Bonchev–Trinajstić information content (AvgIpc) is 2.71. The highest BCUT2D eigenvalue weighted by Crippen LogP contribution is 2.16. The Kier molecular flexibility index (Phi) is 5.50. The number of halogens is 3. The summed E-state index contributed by atoms with van der Waals surface area (Å²) in [7, 11) is 0. The van der Waals surface area contributed by atoms with E-state index in [0.717, 1.165) is 0 Å². The minimum atomic E-state index is -4.68. The van der Waals surface area contributed by atoms with Crippen LogP contribution in [0, 0.1) is 6.92 Å². The van der Waals surface area contributed by atoms with Gasteiger partial charge in [-0.2, -0.15) is 18.2 Å². The zero-order valence-corrected chi connectivity index (χ0v) is 11.0. The van der Waals surface area contributed by atoms with Crippen molar-refractivity contribution in [2.75, 3.05) is 19.6 Å². The Balaban J connectivity index is 2.49. The molecule has 0 atom stereocenters. The Morgan fingerprint density at radius 1 is 1.43 bits per heavy atom. The lowest BCUT2D eigenvalue weighted by molar-refractivity contribution is -0.148. The molecular formula is C10H13F3N4O4. The van der Waals surface area contributed by atoms with Crippen LogP contribution in [0.4, 0.5) is 18.0 Å². The van der Waals surface area contributed by atoms with Crippen LogP contribution >= 0.6 is 0 Å². The van der Waals surface area contributed by atoms with Gasteiger partial charge in [0.25, 0.3) is 0 Å². The van der Waals surface area contributed by atoms with Crippen molar-refractivity contribution in [1.29, 1.82) is 0 Å². The Labute approximate surface area is 116 Å². The summed E-state index contributed by atoms with van der Waals surface area (Å²) in [6.07, 6.45) is -4.53. The molecule has 0 fully saturated rings. The Hall–Kier alpha value is -2.33. The molecule has 1 heterocycles. The van der Waals surface area contributed by atoms with Crippen molar-refractivity contribution in [3.63, 3.8) is 0 Å². The second-order valence-corrected chi connectivity index (χ2v) is 4.08. The number of nitrogens with one attached hydrogen (secondary N) is 1. The van der Waals surface area contributed by atoms with Crippen molar-refractivity contribution in [2.24, 2.45) is 0 Å². The number of carbonyl (C=O) groups excluding carboxylic acids is 1. The van der Waals surface area contributed by atoms with Gasteiger partial charge in [-0.25, -0.2) is 4.79 Å². The molecule has 0 unspecified atom stereocenters. The number of carbonyl (C=O) groups is 2. The molecule has 21 heavy (non-hydrogen) atoms. The molecule has 0 spiro atoms. The van der Waals surface area contributed by atoms with Gasteiger partial charge < -0.3 is 19.8 Å². The molecule has 0 aliphatic carbocycles. The molecule has 0 aromatic carbocycles. The highest BCUT2D eigenvalue weighted by atomic mass is 19.4. The second kappa shape index (κ2) is 6.90. The molecule has 11 heteroatoms. The van der Waals surface area contributed by atoms with E-state index in [4.69, 9.17) is 5.11 Å². The van der Waals surface area contributed by atoms with E-state index >= 15 is 0 Å². The molecule has 0 aliphatic rings. The molecule has 1 aromatic heterocycles. The molecule has 0 saturated heterocycles. The first-order valence-corrected chi connectivity index (χ1v) is 5.78. The maximum absolute atomic E-state index is 12.3. The van der Waals surface area contributed by atoms with Crippen LogP contribution in [0.25, 0.3) is 0 Å². The van der Waals surface area contributed by atoms with Crippen molar-refractivity contribution in [3.8, 4) is 0 Å². The minimum absolute atomic E-state index is 0.0498. The Morgan fingerprint density at radius 2 is 2.10 bits per heavy atom. The van der Waals surface area contributed by atoms with Crippen LogP contribution in [0.3, 0.4) is 0 Å². The third kappa shape index (κ3) is 6.58. The number of hydrogen-bond acceptors (Lipinski definition) is 5. The highest BCUT2D eigenvalue weighted by Gasteiger charge is 2.33. The van der Waals surface area contributed by atoms with Crippen molar-refractivity contribution in [2.45, 2.75) is 19.5 Å². The van der Waals surface area contributed by atoms with E-state index in [9.17, 15) is 22.8 Å². The van der Waals surface area contributed by atoms with Gasteiger partial charge in [-0.3, -0.25) is 4.79 Å². The lowest BCUT2D eigenvalue weighted by Gasteiger charge is -2.22. The van der Waals surface area contributed by atoms with E-state index in [1.807, 2.05) is 0 Å². The van der Waals surface area contributed by atoms with Crippen molar-refractivity contribution in [3.05, 3.63) is 11.7 Å². The van der Waals surface area contributed by atoms with E-state index in [1.165, 1.54) is 0 Å². The summed E-state index contributed by atoms with van der Waals surface area (Å²) in [6, 6.07) is -1.13. The Morgan fingerprint density at radius 3 is 2.57 bits per heavy atom. The predicted octanol–water partition coefficient (Wildman–Crippen LogP) is 0.579. The van der Waals surface area contributed by atoms with Gasteiger partial charge in [0.2, 0.25) is 5.89 Å². The van der Waals surface area contributed by atoms with Gasteiger partial charge in [-0.15, -0.1) is 0 Å². The van der Waals surface area contributed by atoms with Crippen LogP contribution in [-0.2, 0) is 11.2 Å². The number of hydrogen-bond donors (Lipinski definition) is 2. The summed E-state index contributed by atoms with van der Waals surface area (Å²) in [6.45, 7) is -1.18. The maximum Gasteiger partial charge on any atom is 0.406 e. The topological polar surface area (TPSA) is 109 Å². The number of aliphatic carboxylic acids is 1. The predicted molar refractivity (Wildman–Crippen MR) is 61.4 cm³/mol. The number of carboxylic acid groups (broad SMARTS) is 1. The molecule has 8 nitrogen and oxygen atoms in total. The van der Waals surface area contributed by atoms with E-state index in [-0.39, 0.29) is 23.7 Å². The first-order valence-electron chi connectivity index (χ1n) is 5.78. The number of amides is 2. The highest BCUT2D eigenvalue weighted by molar-refractivity contribution is 5.80. The molecule has 118 valence electrons. The normalized spacial score (nSPS) is 11.2. The first-order chi connectivity index (χ1) is 9.67. The van der Waals surface area contributed by atoms with Gasteiger partial charge in [0.15, 0.2) is 5.82 Å². The quantitative estimate of drug-likeness (QED) is 0.795. The number of rotatable bonds is 6. The summed E-state index contributed by atoms with van der Waals surface area (Å²) in [4.78, 5) is 26.0. The van der Waals surface area contributed by atoms with E-state index in [0.29, 0.717) is 5.89 Å². The van der Waals surface area contributed by atoms with Gasteiger partial charge in [-0.1, -0.05) is 5.16 Å². The van der Waals surface area contributed by atoms with Crippen LogP contribution in [-0.4, -0.2) is 58.0 Å². The smallest absolute Gasteiger partial charge is 0.406 e. The molecule has 2 amide bonds. The summed E-state index contributed by atoms with van der Waals surface area (Å²) in [5, 5.41) is 14.2. The van der Waals surface area contributed by atoms with E-state index in [1.54, 1.807) is 6.92 Å². The van der Waals surface area contributed by atoms with E-state index in [2.05, 4.69) is 20.0 Å². The van der Waals surface area contributed by atoms with Gasteiger partial charge in [0.05, 0.1) is 0 Å². The first kappa shape index (κ1) is 16.7. The third-order valence-electron chi connectivity index (χ3n) is 2.18. The summed E-state index contributed by atoms with van der Waals surface area (Å²) in [5.41, 5.74) is 0. The van der Waals surface area contributed by atoms with Crippen LogP contribution in [0.15, 0.2) is 4.52 Å². The SMILES string of the molecule is Cc1nc(CCNC(=O)N(CC(=O)O)CC(F)(F)F)no1. The van der Waals surface area contributed by atoms with Crippen LogP contribution in [0.2, 0.25) is 0 Å². The summed E-state index contributed by atoms with van der Waals surface area (Å²) < 4.78 is 41.5. The van der Waals surface area contributed by atoms with Crippen LogP contribution < -0.4 is 5.32 Å². The molecule has 0 aliphatic heterocycles. The van der Waals surface area contributed by atoms with Crippen LogP contribution in [0.1, 0.15) is 11.7 Å². The molecule has 2 N–H and O–H groups in total. The van der Waals surface area contributed by atoms with Gasteiger partial charge >= 0.3 is 18.2 Å². The largest absolute Gasteiger partial charge is 0.480 e. The fourth-order valence-corrected chi connectivity index (χ4v) is 1.42. The molecule has 0 saturated carbocycles. The lowest BCUT2D eigenvalue weighted by atomic mass is 10.4. The van der Waals surface area contributed by atoms with Gasteiger partial charge in [0.1, 0.15) is 13.1 Å². The minimum Gasteiger partial charge on any atom is -0.480 e. The zero-order valence-electron chi connectivity index (χ0n) is 11.0. The van der Waals surface area contributed by atoms with Crippen molar-refractivity contribution >= 4 is 12.0 Å². The number of alkyl halides is 3. The fourth-order valence-electron chi connectivity index (χ4n) is 1.42. The average molecular weight is 310 g/mol. The zero-order chi connectivity index (χ0) is 16.0. The number of carboxylic acids is 1. The van der Waals surface area contributed by atoms with Crippen molar-refractivity contribution < 1.29 is 32.4 Å². The standard InChI is InChI=1S/C10H13F3N4O4/c1-6-15-7(16-21-6)2-3-14-9(20)17(4-8(18)19)5-10(11,12)13/h2-5H2,1H3,(H,14,20)(H,18,19). The van der Waals surface area contributed by atoms with E-state index < -0.39 is 31.3 Å². The summed E-state index contributed by atoms with van der Waals surface area (Å²) >= 11 is 0. The number of urea groups is 1. The molecule has 0 bridgehead atoms. The van der Waals surface area contributed by atoms with Crippen LogP contribution in [0.5, 0.6) is 0 Å². The summed E-state index contributed by atoms with van der Waals surface area (Å²) in [5.74, 6) is -0.933. The number of aromatic nitrogens is 2. The van der Waals surface area contributed by atoms with Gasteiger partial charge in [-0.05, 0) is 0 Å². The fraction of sp³-hybridized carbons (Fsp3) is 0.600.